The lowest BCUT2D eigenvalue weighted by atomic mass is 10.2. The van der Waals surface area contributed by atoms with Crippen molar-refractivity contribution in [2.75, 3.05) is 5.73 Å². The van der Waals surface area contributed by atoms with Crippen molar-refractivity contribution in [2.24, 2.45) is 0 Å². The molecule has 6 heteroatoms. The molecule has 0 saturated heterocycles. The third kappa shape index (κ3) is 2.78. The van der Waals surface area contributed by atoms with Crippen molar-refractivity contribution in [1.82, 2.24) is 10.3 Å². The topological polar surface area (TPSA) is 88.2 Å². The van der Waals surface area contributed by atoms with E-state index in [4.69, 9.17) is 5.73 Å². The lowest BCUT2D eigenvalue weighted by molar-refractivity contribution is 0.0954. The molecule has 0 aliphatic rings. The maximum Gasteiger partial charge on any atom is 0.263 e. The van der Waals surface area contributed by atoms with Gasteiger partial charge in [-0.2, -0.15) is 0 Å². The number of anilines is 1. The maximum absolute atomic E-state index is 11.8. The van der Waals surface area contributed by atoms with Crippen molar-refractivity contribution in [3.63, 3.8) is 0 Å². The maximum atomic E-state index is 11.8. The molecule has 1 aromatic carbocycles. The van der Waals surface area contributed by atoms with Crippen LogP contribution in [0.2, 0.25) is 0 Å². The van der Waals surface area contributed by atoms with Gasteiger partial charge in [0.15, 0.2) is 0 Å². The van der Waals surface area contributed by atoms with Crippen LogP contribution in [0.5, 0.6) is 5.75 Å². The average molecular weight is 263 g/mol. The van der Waals surface area contributed by atoms with Crippen molar-refractivity contribution in [3.05, 3.63) is 39.8 Å². The number of aromatic hydroxyl groups is 1. The number of thiazole rings is 1. The number of carbonyl (C=O) groups excluding carboxylic acids is 1. The minimum Gasteiger partial charge on any atom is -0.508 e. The second-order valence-corrected chi connectivity index (χ2v) is 5.05. The molecule has 4 N–H and O–H groups in total. The molecule has 1 heterocycles. The van der Waals surface area contributed by atoms with Gasteiger partial charge >= 0.3 is 0 Å². The fourth-order valence-electron chi connectivity index (χ4n) is 1.48. The number of phenolic OH excluding ortho intramolecular Hbond substituents is 1. The largest absolute Gasteiger partial charge is 0.508 e. The molecule has 2 aromatic rings. The third-order valence-corrected chi connectivity index (χ3v) is 3.30. The summed E-state index contributed by atoms with van der Waals surface area (Å²) < 4.78 is 0. The SMILES string of the molecule is Cc1ncc(C(=O)NCc2cc(N)ccc2O)s1. The Hall–Kier alpha value is -2.08. The first-order valence-corrected chi connectivity index (χ1v) is 6.16. The first kappa shape index (κ1) is 12.4. The number of hydrogen-bond acceptors (Lipinski definition) is 5. The fraction of sp³-hybridized carbons (Fsp3) is 0.167. The first-order chi connectivity index (χ1) is 8.56. The van der Waals surface area contributed by atoms with Crippen LogP contribution in [0, 0.1) is 6.92 Å². The Morgan fingerprint density at radius 3 is 3.00 bits per heavy atom. The zero-order valence-corrected chi connectivity index (χ0v) is 10.6. The number of benzene rings is 1. The molecule has 0 unspecified atom stereocenters. The molecule has 18 heavy (non-hydrogen) atoms. The van der Waals surface area contributed by atoms with Gasteiger partial charge in [-0.05, 0) is 25.1 Å². The highest BCUT2D eigenvalue weighted by Gasteiger charge is 2.09. The van der Waals surface area contributed by atoms with E-state index in [2.05, 4.69) is 10.3 Å². The number of aromatic nitrogens is 1. The van der Waals surface area contributed by atoms with Crippen LogP contribution >= 0.6 is 11.3 Å². The number of phenols is 1. The summed E-state index contributed by atoms with van der Waals surface area (Å²) in [7, 11) is 0. The van der Waals surface area contributed by atoms with Gasteiger partial charge in [0.1, 0.15) is 10.6 Å². The standard InChI is InChI=1S/C12H13N3O2S/c1-7-14-6-11(18-7)12(17)15-5-8-4-9(13)2-3-10(8)16/h2-4,6,16H,5,13H2,1H3,(H,15,17). The van der Waals surface area contributed by atoms with Gasteiger partial charge in [-0.25, -0.2) is 4.98 Å². The summed E-state index contributed by atoms with van der Waals surface area (Å²) in [5.41, 5.74) is 6.75. The Morgan fingerprint density at radius 1 is 1.56 bits per heavy atom. The van der Waals surface area contributed by atoms with E-state index < -0.39 is 0 Å². The highest BCUT2D eigenvalue weighted by molar-refractivity contribution is 7.13. The number of nitrogens with one attached hydrogen (secondary N) is 1. The van der Waals surface area contributed by atoms with Crippen LogP contribution in [0.25, 0.3) is 0 Å². The Balaban J connectivity index is 2.03. The van der Waals surface area contributed by atoms with Gasteiger partial charge in [0.2, 0.25) is 0 Å². The van der Waals surface area contributed by atoms with Gasteiger partial charge < -0.3 is 16.2 Å². The molecule has 0 radical (unpaired) electrons. The number of nitrogens with two attached hydrogens (primary N) is 1. The van der Waals surface area contributed by atoms with E-state index in [1.807, 2.05) is 6.92 Å². The predicted octanol–water partition coefficient (Wildman–Crippen LogP) is 1.67. The van der Waals surface area contributed by atoms with Crippen LogP contribution in [-0.2, 0) is 6.54 Å². The molecule has 0 spiro atoms. The van der Waals surface area contributed by atoms with Crippen LogP contribution in [0.4, 0.5) is 5.69 Å². The Morgan fingerprint density at radius 2 is 2.33 bits per heavy atom. The van der Waals surface area contributed by atoms with Gasteiger partial charge in [0.05, 0.1) is 11.2 Å². The number of nitrogen functional groups attached to an aromatic ring is 1. The van der Waals surface area contributed by atoms with E-state index in [9.17, 15) is 9.90 Å². The number of carbonyl (C=O) groups is 1. The van der Waals surface area contributed by atoms with Crippen molar-refractivity contribution in [1.29, 1.82) is 0 Å². The van der Waals surface area contributed by atoms with Gasteiger partial charge in [-0.3, -0.25) is 4.79 Å². The lowest BCUT2D eigenvalue weighted by Gasteiger charge is -2.06. The Labute approximate surface area is 108 Å². The minimum atomic E-state index is -0.206. The highest BCUT2D eigenvalue weighted by Crippen LogP contribution is 2.19. The number of hydrogen-bond donors (Lipinski definition) is 3. The molecule has 0 bridgehead atoms. The van der Waals surface area contributed by atoms with E-state index in [1.165, 1.54) is 23.6 Å². The van der Waals surface area contributed by atoms with Gasteiger partial charge in [-0.15, -0.1) is 11.3 Å². The second-order valence-electron chi connectivity index (χ2n) is 3.81. The van der Waals surface area contributed by atoms with E-state index in [-0.39, 0.29) is 18.2 Å². The van der Waals surface area contributed by atoms with Crippen LogP contribution in [0.1, 0.15) is 20.2 Å². The van der Waals surface area contributed by atoms with Gasteiger partial charge in [0.25, 0.3) is 5.91 Å². The molecule has 0 saturated carbocycles. The molecule has 0 fully saturated rings. The van der Waals surface area contributed by atoms with Gasteiger partial charge in [0, 0.05) is 17.8 Å². The molecule has 94 valence electrons. The molecule has 5 nitrogen and oxygen atoms in total. The molecular formula is C12H13N3O2S. The van der Waals surface area contributed by atoms with Crippen molar-refractivity contribution >= 4 is 22.9 Å². The minimum absolute atomic E-state index is 0.116. The summed E-state index contributed by atoms with van der Waals surface area (Å²) in [5, 5.41) is 13.2. The second kappa shape index (κ2) is 5.05. The van der Waals surface area contributed by atoms with E-state index in [0.29, 0.717) is 16.1 Å². The lowest BCUT2D eigenvalue weighted by Crippen LogP contribution is -2.21. The normalized spacial score (nSPS) is 10.3. The molecule has 1 aromatic heterocycles. The predicted molar refractivity (Wildman–Crippen MR) is 70.5 cm³/mol. The molecule has 0 aliphatic heterocycles. The molecular weight excluding hydrogens is 250 g/mol. The Kier molecular flexibility index (Phi) is 3.47. The van der Waals surface area contributed by atoms with Crippen LogP contribution in [0.3, 0.4) is 0 Å². The van der Waals surface area contributed by atoms with Crippen molar-refractivity contribution < 1.29 is 9.90 Å². The third-order valence-electron chi connectivity index (χ3n) is 2.39. The van der Waals surface area contributed by atoms with Crippen LogP contribution in [-0.4, -0.2) is 16.0 Å². The summed E-state index contributed by atoms with van der Waals surface area (Å²) in [6.45, 7) is 2.07. The number of nitrogens with zero attached hydrogens (tertiary/aromatic N) is 1. The quantitative estimate of drug-likeness (QED) is 0.580. The number of aryl methyl sites for hydroxylation is 1. The van der Waals surface area contributed by atoms with Crippen molar-refractivity contribution in [2.45, 2.75) is 13.5 Å². The molecule has 0 aliphatic carbocycles. The van der Waals surface area contributed by atoms with E-state index in [1.54, 1.807) is 12.1 Å². The zero-order chi connectivity index (χ0) is 13.1. The number of rotatable bonds is 3. The van der Waals surface area contributed by atoms with Gasteiger partial charge in [-0.1, -0.05) is 0 Å². The summed E-state index contributed by atoms with van der Waals surface area (Å²) in [6, 6.07) is 4.74. The fourth-order valence-corrected chi connectivity index (χ4v) is 2.17. The van der Waals surface area contributed by atoms with Crippen LogP contribution < -0.4 is 11.1 Å². The zero-order valence-electron chi connectivity index (χ0n) is 9.80. The molecule has 2 rings (SSSR count). The van der Waals surface area contributed by atoms with E-state index in [0.717, 1.165) is 5.01 Å². The highest BCUT2D eigenvalue weighted by atomic mass is 32.1. The average Bonchev–Trinajstić information content (AvgIpc) is 2.77. The van der Waals surface area contributed by atoms with Crippen LogP contribution in [0.15, 0.2) is 24.4 Å². The summed E-state index contributed by atoms with van der Waals surface area (Å²) >= 11 is 1.33. The molecule has 0 atom stereocenters. The Bertz CT molecular complexity index is 580. The van der Waals surface area contributed by atoms with E-state index >= 15 is 0 Å². The smallest absolute Gasteiger partial charge is 0.263 e. The summed E-state index contributed by atoms with van der Waals surface area (Å²) in [6.07, 6.45) is 1.54. The summed E-state index contributed by atoms with van der Waals surface area (Å²) in [5.74, 6) is -0.0904. The first-order valence-electron chi connectivity index (χ1n) is 5.34. The molecule has 1 amide bonds. The summed E-state index contributed by atoms with van der Waals surface area (Å²) in [4.78, 5) is 16.3. The number of amides is 1. The van der Waals surface area contributed by atoms with Crippen molar-refractivity contribution in [3.8, 4) is 5.75 Å². The monoisotopic (exact) mass is 263 g/mol.